The van der Waals surface area contributed by atoms with Gasteiger partial charge in [0, 0.05) is 39.3 Å². The first-order chi connectivity index (χ1) is 10.5. The van der Waals surface area contributed by atoms with Gasteiger partial charge in [-0.1, -0.05) is 0 Å². The fourth-order valence-electron chi connectivity index (χ4n) is 2.41. The second-order valence-corrected chi connectivity index (χ2v) is 5.38. The molecule has 0 radical (unpaired) electrons. The Bertz CT molecular complexity index is 522. The summed E-state index contributed by atoms with van der Waals surface area (Å²) in [5.74, 6) is -2.22. The van der Waals surface area contributed by atoms with Crippen LogP contribution in [0.3, 0.4) is 0 Å². The van der Waals surface area contributed by atoms with Crippen molar-refractivity contribution in [2.45, 2.75) is 6.10 Å². The number of aliphatic hydroxyl groups excluding tert-OH is 1. The van der Waals surface area contributed by atoms with Gasteiger partial charge in [-0.3, -0.25) is 9.69 Å². The summed E-state index contributed by atoms with van der Waals surface area (Å²) in [6.45, 7) is 3.23. The molecule has 5 nitrogen and oxygen atoms in total. The fraction of sp³-hybridized carbons (Fsp3) is 0.533. The normalized spacial score (nSPS) is 17.3. The highest BCUT2D eigenvalue weighted by Gasteiger charge is 2.21. The lowest BCUT2D eigenvalue weighted by atomic mass is 10.1. The number of ether oxygens (including phenoxy) is 1. The van der Waals surface area contributed by atoms with Gasteiger partial charge in [-0.25, -0.2) is 8.78 Å². The molecule has 1 saturated heterocycles. The van der Waals surface area contributed by atoms with Crippen molar-refractivity contribution in [2.75, 3.05) is 46.4 Å². The van der Waals surface area contributed by atoms with Crippen molar-refractivity contribution in [1.29, 1.82) is 0 Å². The Morgan fingerprint density at radius 2 is 2.09 bits per heavy atom. The number of rotatable bonds is 5. The van der Waals surface area contributed by atoms with Gasteiger partial charge in [0.1, 0.15) is 11.6 Å². The third-order valence-corrected chi connectivity index (χ3v) is 3.57. The molecule has 1 unspecified atom stereocenters. The highest BCUT2D eigenvalue weighted by Crippen LogP contribution is 2.12. The average molecular weight is 314 g/mol. The summed E-state index contributed by atoms with van der Waals surface area (Å²) in [7, 11) is 1.48. The molecule has 0 spiro atoms. The number of benzene rings is 1. The van der Waals surface area contributed by atoms with Crippen molar-refractivity contribution in [3.8, 4) is 0 Å². The quantitative estimate of drug-likeness (QED) is 0.870. The highest BCUT2D eigenvalue weighted by molar-refractivity contribution is 5.94. The Hall–Kier alpha value is -1.57. The molecular weight excluding hydrogens is 294 g/mol. The first-order valence-electron chi connectivity index (χ1n) is 7.16. The van der Waals surface area contributed by atoms with Crippen LogP contribution in [-0.4, -0.2) is 73.4 Å². The molecule has 2 rings (SSSR count). The van der Waals surface area contributed by atoms with E-state index in [2.05, 4.69) is 0 Å². The van der Waals surface area contributed by atoms with Crippen LogP contribution in [0.2, 0.25) is 0 Å². The van der Waals surface area contributed by atoms with Gasteiger partial charge < -0.3 is 14.7 Å². The summed E-state index contributed by atoms with van der Waals surface area (Å²) < 4.78 is 31.7. The lowest BCUT2D eigenvalue weighted by molar-refractivity contribution is 0.00874. The molecule has 0 saturated carbocycles. The molecule has 1 aliphatic heterocycles. The number of hydrogen-bond donors (Lipinski definition) is 1. The van der Waals surface area contributed by atoms with Gasteiger partial charge in [0.2, 0.25) is 0 Å². The van der Waals surface area contributed by atoms with Crippen LogP contribution < -0.4 is 0 Å². The summed E-state index contributed by atoms with van der Waals surface area (Å²) in [4.78, 5) is 15.4. The molecule has 0 aliphatic carbocycles. The van der Waals surface area contributed by atoms with Crippen LogP contribution >= 0.6 is 0 Å². The minimum atomic E-state index is -0.903. The van der Waals surface area contributed by atoms with Crippen molar-refractivity contribution in [2.24, 2.45) is 0 Å². The monoisotopic (exact) mass is 314 g/mol. The molecule has 1 fully saturated rings. The molecule has 1 aromatic carbocycles. The molecule has 122 valence electrons. The van der Waals surface area contributed by atoms with Crippen molar-refractivity contribution in [1.82, 2.24) is 9.80 Å². The Morgan fingerprint density at radius 3 is 2.73 bits per heavy atom. The van der Waals surface area contributed by atoms with E-state index in [9.17, 15) is 18.7 Å². The van der Waals surface area contributed by atoms with E-state index < -0.39 is 23.6 Å². The third kappa shape index (κ3) is 4.46. The molecular formula is C15H20F2N2O3. The van der Waals surface area contributed by atoms with Gasteiger partial charge in [-0.2, -0.15) is 0 Å². The van der Waals surface area contributed by atoms with Gasteiger partial charge in [-0.05, 0) is 12.1 Å². The van der Waals surface area contributed by atoms with Crippen molar-refractivity contribution >= 4 is 5.91 Å². The number of hydrogen-bond acceptors (Lipinski definition) is 4. The Balaban J connectivity index is 1.89. The van der Waals surface area contributed by atoms with Crippen LogP contribution in [0, 0.1) is 11.6 Å². The summed E-state index contributed by atoms with van der Waals surface area (Å²) in [6, 6.07) is 2.82. The predicted molar refractivity (Wildman–Crippen MR) is 76.6 cm³/mol. The molecule has 0 aromatic heterocycles. The zero-order chi connectivity index (χ0) is 16.1. The molecule has 1 N–H and O–H groups in total. The third-order valence-electron chi connectivity index (χ3n) is 3.57. The maximum Gasteiger partial charge on any atom is 0.256 e. The second kappa shape index (κ2) is 7.62. The lowest BCUT2D eigenvalue weighted by Gasteiger charge is -2.30. The summed E-state index contributed by atoms with van der Waals surface area (Å²) in [5.41, 5.74) is -0.206. The fourth-order valence-corrected chi connectivity index (χ4v) is 2.41. The smallest absolute Gasteiger partial charge is 0.256 e. The summed E-state index contributed by atoms with van der Waals surface area (Å²) >= 11 is 0. The SMILES string of the molecule is CN(CC(O)CN1CCOCC1)C(=O)c1ccc(F)cc1F. The number of carbonyl (C=O) groups is 1. The van der Waals surface area contributed by atoms with Crippen LogP contribution in [0.25, 0.3) is 0 Å². The van der Waals surface area contributed by atoms with Crippen LogP contribution in [-0.2, 0) is 4.74 Å². The zero-order valence-electron chi connectivity index (χ0n) is 12.5. The van der Waals surface area contributed by atoms with E-state index in [4.69, 9.17) is 4.74 Å². The standard InChI is InChI=1S/C15H20F2N2O3/c1-18(9-12(20)10-19-4-6-22-7-5-19)15(21)13-3-2-11(16)8-14(13)17/h2-3,8,12,20H,4-7,9-10H2,1H3. The average Bonchev–Trinajstić information content (AvgIpc) is 2.47. The first kappa shape index (κ1) is 16.8. The Kier molecular flexibility index (Phi) is 5.82. The number of halogens is 2. The van der Waals surface area contributed by atoms with Crippen LogP contribution in [0.15, 0.2) is 18.2 Å². The lowest BCUT2D eigenvalue weighted by Crippen LogP contribution is -2.45. The summed E-state index contributed by atoms with van der Waals surface area (Å²) in [5, 5.41) is 10.1. The van der Waals surface area contributed by atoms with Crippen LogP contribution in [0.5, 0.6) is 0 Å². The van der Waals surface area contributed by atoms with E-state index in [-0.39, 0.29) is 12.1 Å². The van der Waals surface area contributed by atoms with Gasteiger partial charge in [0.05, 0.1) is 24.9 Å². The maximum absolute atomic E-state index is 13.6. The van der Waals surface area contributed by atoms with Gasteiger partial charge in [0.15, 0.2) is 0 Å². The molecule has 22 heavy (non-hydrogen) atoms. The molecule has 7 heteroatoms. The van der Waals surface area contributed by atoms with Crippen molar-refractivity contribution < 1.29 is 23.4 Å². The predicted octanol–water partition coefficient (Wildman–Crippen LogP) is 0.730. The number of morpholine rings is 1. The minimum absolute atomic E-state index is 0.0764. The van der Waals surface area contributed by atoms with E-state index in [0.717, 1.165) is 25.2 Å². The van der Waals surface area contributed by atoms with Crippen LogP contribution in [0.4, 0.5) is 8.78 Å². The van der Waals surface area contributed by atoms with E-state index in [0.29, 0.717) is 25.8 Å². The molecule has 1 heterocycles. The topological polar surface area (TPSA) is 53.0 Å². The van der Waals surface area contributed by atoms with E-state index in [1.807, 2.05) is 4.90 Å². The second-order valence-electron chi connectivity index (χ2n) is 5.38. The molecule has 1 aliphatic rings. The van der Waals surface area contributed by atoms with Crippen molar-refractivity contribution in [3.63, 3.8) is 0 Å². The zero-order valence-corrected chi connectivity index (χ0v) is 12.5. The minimum Gasteiger partial charge on any atom is -0.390 e. The molecule has 0 bridgehead atoms. The molecule has 1 amide bonds. The van der Waals surface area contributed by atoms with Gasteiger partial charge in [0.25, 0.3) is 5.91 Å². The maximum atomic E-state index is 13.6. The van der Waals surface area contributed by atoms with E-state index >= 15 is 0 Å². The van der Waals surface area contributed by atoms with E-state index in [1.54, 1.807) is 0 Å². The number of carbonyl (C=O) groups excluding carboxylic acids is 1. The summed E-state index contributed by atoms with van der Waals surface area (Å²) in [6.07, 6.45) is -0.740. The Labute approximate surface area is 128 Å². The first-order valence-corrected chi connectivity index (χ1v) is 7.16. The number of β-amino-alcohol motifs (C(OH)–C–C–N with tert-alkyl or cyclic N) is 1. The van der Waals surface area contributed by atoms with Gasteiger partial charge >= 0.3 is 0 Å². The molecule has 1 atom stereocenters. The highest BCUT2D eigenvalue weighted by atomic mass is 19.1. The Morgan fingerprint density at radius 1 is 1.41 bits per heavy atom. The van der Waals surface area contributed by atoms with E-state index in [1.165, 1.54) is 11.9 Å². The van der Waals surface area contributed by atoms with Crippen molar-refractivity contribution in [3.05, 3.63) is 35.4 Å². The number of amides is 1. The van der Waals surface area contributed by atoms with Crippen LogP contribution in [0.1, 0.15) is 10.4 Å². The molecule has 1 aromatic rings. The number of nitrogens with zero attached hydrogens (tertiary/aromatic N) is 2. The number of aliphatic hydroxyl groups is 1. The van der Waals surface area contributed by atoms with Gasteiger partial charge in [-0.15, -0.1) is 0 Å². The number of likely N-dealkylation sites (N-methyl/N-ethyl adjacent to an activating group) is 1. The largest absolute Gasteiger partial charge is 0.390 e.